The van der Waals surface area contributed by atoms with Crippen LogP contribution in [0.1, 0.15) is 17.6 Å². The first-order valence-corrected chi connectivity index (χ1v) is 4.59. The van der Waals surface area contributed by atoms with Gasteiger partial charge in [0.25, 0.3) is 12.3 Å². The van der Waals surface area contributed by atoms with Crippen molar-refractivity contribution < 1.29 is 31.4 Å². The van der Waals surface area contributed by atoms with Crippen LogP contribution >= 0.6 is 0 Å². The molecule has 102 valence electrons. The molecule has 0 amide bonds. The Morgan fingerprint density at radius 3 is 2.39 bits per heavy atom. The van der Waals surface area contributed by atoms with E-state index in [4.69, 9.17) is 5.73 Å². The van der Waals surface area contributed by atoms with Gasteiger partial charge < -0.3 is 15.2 Å². The van der Waals surface area contributed by atoms with Crippen molar-refractivity contribution in [1.82, 2.24) is 4.98 Å². The number of rotatable bonds is 4. The van der Waals surface area contributed by atoms with Crippen molar-refractivity contribution in [2.24, 2.45) is 5.73 Å². The first-order chi connectivity index (χ1) is 8.30. The van der Waals surface area contributed by atoms with Crippen molar-refractivity contribution in [2.45, 2.75) is 19.3 Å². The fourth-order valence-electron chi connectivity index (χ4n) is 1.32. The van der Waals surface area contributed by atoms with Gasteiger partial charge in [0.15, 0.2) is 5.75 Å². The van der Waals surface area contributed by atoms with Crippen LogP contribution in [0.5, 0.6) is 11.6 Å². The molecule has 1 rings (SSSR count). The molecule has 1 heterocycles. The number of pyridine rings is 1. The van der Waals surface area contributed by atoms with Crippen LogP contribution in [0, 0.1) is 0 Å². The van der Waals surface area contributed by atoms with Crippen LogP contribution in [0.4, 0.5) is 22.0 Å². The second kappa shape index (κ2) is 5.34. The Balaban J connectivity index is 3.30. The summed E-state index contributed by atoms with van der Waals surface area (Å²) in [5.74, 6) is -1.50. The van der Waals surface area contributed by atoms with Gasteiger partial charge in [0.05, 0.1) is 7.11 Å². The smallest absolute Gasteiger partial charge is 0.491 e. The van der Waals surface area contributed by atoms with E-state index in [0.717, 1.165) is 7.11 Å². The lowest BCUT2D eigenvalue weighted by Crippen LogP contribution is -2.19. The summed E-state index contributed by atoms with van der Waals surface area (Å²) in [6.07, 6.45) is -7.35. The number of hydrogen-bond donors (Lipinski definition) is 1. The van der Waals surface area contributed by atoms with Gasteiger partial charge in [0.2, 0.25) is 0 Å². The van der Waals surface area contributed by atoms with Crippen LogP contribution < -0.4 is 15.2 Å². The van der Waals surface area contributed by atoms with E-state index < -0.39 is 36.5 Å². The number of ether oxygens (including phenoxy) is 2. The molecule has 0 saturated carbocycles. The standard InChI is InChI=1S/C9H9F5N2O2/c1-17-6-4(2-15)5(7(10)11)3-16-8(6)18-9(12,13)14/h3,7H,2,15H2,1H3. The van der Waals surface area contributed by atoms with Crippen molar-refractivity contribution in [1.29, 1.82) is 0 Å². The molecule has 1 aromatic heterocycles. The Morgan fingerprint density at radius 2 is 2.00 bits per heavy atom. The van der Waals surface area contributed by atoms with Gasteiger partial charge in [-0.05, 0) is 0 Å². The second-order valence-corrected chi connectivity index (χ2v) is 3.08. The predicted molar refractivity (Wildman–Crippen MR) is 50.3 cm³/mol. The van der Waals surface area contributed by atoms with E-state index in [2.05, 4.69) is 14.5 Å². The van der Waals surface area contributed by atoms with Gasteiger partial charge in [-0.2, -0.15) is 0 Å². The molecular formula is C9H9F5N2O2. The minimum absolute atomic E-state index is 0.276. The summed E-state index contributed by atoms with van der Waals surface area (Å²) in [5, 5.41) is 0. The van der Waals surface area contributed by atoms with Gasteiger partial charge in [-0.3, -0.25) is 0 Å². The molecule has 0 aliphatic carbocycles. The fourth-order valence-corrected chi connectivity index (χ4v) is 1.32. The fraction of sp³-hybridized carbons (Fsp3) is 0.444. The number of methoxy groups -OCH3 is 1. The van der Waals surface area contributed by atoms with Gasteiger partial charge in [0, 0.05) is 23.9 Å². The highest BCUT2D eigenvalue weighted by atomic mass is 19.4. The normalized spacial score (nSPS) is 11.8. The third kappa shape index (κ3) is 3.19. The lowest BCUT2D eigenvalue weighted by Gasteiger charge is -2.16. The zero-order valence-corrected chi connectivity index (χ0v) is 9.09. The summed E-state index contributed by atoms with van der Waals surface area (Å²) in [4.78, 5) is 3.16. The minimum atomic E-state index is -5.00. The maximum atomic E-state index is 12.6. The molecule has 0 atom stereocenters. The zero-order chi connectivity index (χ0) is 13.9. The topological polar surface area (TPSA) is 57.4 Å². The number of alkyl halides is 5. The molecule has 0 aromatic carbocycles. The number of nitrogens with zero attached hydrogens (tertiary/aromatic N) is 1. The summed E-state index contributed by atoms with van der Waals surface area (Å²) in [7, 11) is 1.01. The molecule has 2 N–H and O–H groups in total. The first kappa shape index (κ1) is 14.4. The molecule has 0 radical (unpaired) electrons. The quantitative estimate of drug-likeness (QED) is 0.855. The Kier molecular flexibility index (Phi) is 4.28. The highest BCUT2D eigenvalue weighted by molar-refractivity contribution is 5.46. The molecule has 9 heteroatoms. The van der Waals surface area contributed by atoms with Crippen molar-refractivity contribution in [3.05, 3.63) is 17.3 Å². The summed E-state index contributed by atoms with van der Waals surface area (Å²) in [6, 6.07) is 0. The molecule has 0 aliphatic heterocycles. The molecular weight excluding hydrogens is 263 g/mol. The molecule has 0 bridgehead atoms. The number of aromatic nitrogens is 1. The lowest BCUT2D eigenvalue weighted by molar-refractivity contribution is -0.276. The largest absolute Gasteiger partial charge is 0.574 e. The SMILES string of the molecule is COc1c(OC(F)(F)F)ncc(C(F)F)c1CN. The van der Waals surface area contributed by atoms with E-state index >= 15 is 0 Å². The third-order valence-corrected chi connectivity index (χ3v) is 1.99. The molecule has 0 fully saturated rings. The van der Waals surface area contributed by atoms with Crippen LogP contribution in [0.2, 0.25) is 0 Å². The van der Waals surface area contributed by atoms with E-state index in [1.54, 1.807) is 0 Å². The Bertz CT molecular complexity index is 422. The molecule has 0 saturated heterocycles. The molecule has 0 unspecified atom stereocenters. The predicted octanol–water partition coefficient (Wildman–Crippen LogP) is 2.39. The lowest BCUT2D eigenvalue weighted by atomic mass is 10.1. The number of hydrogen-bond acceptors (Lipinski definition) is 4. The van der Waals surface area contributed by atoms with Gasteiger partial charge >= 0.3 is 6.36 Å². The van der Waals surface area contributed by atoms with E-state index in [-0.39, 0.29) is 5.56 Å². The molecule has 1 aromatic rings. The van der Waals surface area contributed by atoms with E-state index in [1.807, 2.05) is 0 Å². The van der Waals surface area contributed by atoms with Crippen LogP contribution in [0.25, 0.3) is 0 Å². The second-order valence-electron chi connectivity index (χ2n) is 3.08. The first-order valence-electron chi connectivity index (χ1n) is 4.59. The Morgan fingerprint density at radius 1 is 1.39 bits per heavy atom. The highest BCUT2D eigenvalue weighted by Crippen LogP contribution is 2.37. The van der Waals surface area contributed by atoms with E-state index in [9.17, 15) is 22.0 Å². The summed E-state index contributed by atoms with van der Waals surface area (Å²) >= 11 is 0. The highest BCUT2D eigenvalue weighted by Gasteiger charge is 2.34. The summed E-state index contributed by atoms with van der Waals surface area (Å²) < 4.78 is 69.5. The zero-order valence-electron chi connectivity index (χ0n) is 9.09. The van der Waals surface area contributed by atoms with Gasteiger partial charge in [-0.25, -0.2) is 13.8 Å². The van der Waals surface area contributed by atoms with Gasteiger partial charge in [-0.1, -0.05) is 0 Å². The Hall–Kier alpha value is -1.64. The maximum Gasteiger partial charge on any atom is 0.574 e. The molecule has 4 nitrogen and oxygen atoms in total. The van der Waals surface area contributed by atoms with Crippen molar-refractivity contribution in [2.75, 3.05) is 7.11 Å². The molecule has 18 heavy (non-hydrogen) atoms. The average Bonchev–Trinajstić information content (AvgIpc) is 2.25. The van der Waals surface area contributed by atoms with Gasteiger partial charge in [-0.15, -0.1) is 13.2 Å². The van der Waals surface area contributed by atoms with Crippen LogP contribution in [-0.4, -0.2) is 18.5 Å². The number of nitrogens with two attached hydrogens (primary N) is 1. The van der Waals surface area contributed by atoms with Crippen molar-refractivity contribution in [3.8, 4) is 11.6 Å². The van der Waals surface area contributed by atoms with E-state index in [0.29, 0.717) is 6.20 Å². The minimum Gasteiger partial charge on any atom is -0.491 e. The van der Waals surface area contributed by atoms with Crippen LogP contribution in [-0.2, 0) is 6.54 Å². The maximum absolute atomic E-state index is 12.6. The monoisotopic (exact) mass is 272 g/mol. The molecule has 0 spiro atoms. The number of halogens is 5. The summed E-state index contributed by atoms with van der Waals surface area (Å²) in [5.41, 5.74) is 4.35. The third-order valence-electron chi connectivity index (χ3n) is 1.99. The molecule has 0 aliphatic rings. The van der Waals surface area contributed by atoms with Gasteiger partial charge in [0.1, 0.15) is 0 Å². The Labute approximate surface area is 98.5 Å². The van der Waals surface area contributed by atoms with Crippen molar-refractivity contribution >= 4 is 0 Å². The average molecular weight is 272 g/mol. The van der Waals surface area contributed by atoms with Crippen LogP contribution in [0.3, 0.4) is 0 Å². The van der Waals surface area contributed by atoms with Crippen LogP contribution in [0.15, 0.2) is 6.20 Å². The van der Waals surface area contributed by atoms with E-state index in [1.165, 1.54) is 0 Å². The van der Waals surface area contributed by atoms with Crippen molar-refractivity contribution in [3.63, 3.8) is 0 Å². The summed E-state index contributed by atoms with van der Waals surface area (Å²) in [6.45, 7) is -0.431.